The van der Waals surface area contributed by atoms with Crippen LogP contribution in [0.2, 0.25) is 0 Å². The molecular weight excluding hydrogens is 432 g/mol. The lowest BCUT2D eigenvalue weighted by molar-refractivity contribution is 0.262. The van der Waals surface area contributed by atoms with Crippen molar-refractivity contribution in [1.82, 2.24) is 9.38 Å². The van der Waals surface area contributed by atoms with Gasteiger partial charge in [0.1, 0.15) is 23.8 Å². The molecule has 4 rings (SSSR count). The van der Waals surface area contributed by atoms with Crippen LogP contribution >= 0.6 is 0 Å². The van der Waals surface area contributed by atoms with Crippen LogP contribution in [0, 0.1) is 20.8 Å². The van der Waals surface area contributed by atoms with Crippen molar-refractivity contribution in [1.29, 1.82) is 0 Å². The average Bonchev–Trinajstić information content (AvgIpc) is 2.80. The van der Waals surface area contributed by atoms with Crippen molar-refractivity contribution in [2.75, 3.05) is 17.7 Å². The quantitative estimate of drug-likeness (QED) is 0.431. The van der Waals surface area contributed by atoms with Gasteiger partial charge in [0, 0.05) is 24.0 Å². The molecule has 0 atom stereocenters. The number of pyridine rings is 1. The molecule has 0 aliphatic carbocycles. The zero-order valence-corrected chi connectivity index (χ0v) is 19.5. The first-order valence-electron chi connectivity index (χ1n) is 10.8. The first-order valence-corrected chi connectivity index (χ1v) is 10.8. The average molecular weight is 459 g/mol. The minimum atomic E-state index is -0.404. The number of anilines is 2. The lowest BCUT2D eigenvalue weighted by Gasteiger charge is -2.14. The number of benzene rings is 2. The van der Waals surface area contributed by atoms with Crippen LogP contribution in [0.3, 0.4) is 0 Å². The Kier molecular flexibility index (Phi) is 6.49. The number of fused-ring (bicyclic) bond motifs is 1. The van der Waals surface area contributed by atoms with Crippen LogP contribution in [-0.4, -0.2) is 22.5 Å². The monoisotopic (exact) mass is 458 g/mol. The highest BCUT2D eigenvalue weighted by Crippen LogP contribution is 2.27. The van der Waals surface area contributed by atoms with E-state index in [0.29, 0.717) is 34.2 Å². The number of aromatic nitrogens is 2. The predicted octanol–water partition coefficient (Wildman–Crippen LogP) is 4.85. The van der Waals surface area contributed by atoms with Gasteiger partial charge < -0.3 is 20.1 Å². The van der Waals surface area contributed by atoms with E-state index in [1.807, 2.05) is 51.1 Å². The summed E-state index contributed by atoms with van der Waals surface area (Å²) in [7, 11) is 1.55. The van der Waals surface area contributed by atoms with Crippen LogP contribution < -0.4 is 25.7 Å². The maximum absolute atomic E-state index is 12.6. The molecule has 2 aromatic heterocycles. The molecule has 0 saturated carbocycles. The van der Waals surface area contributed by atoms with Crippen molar-refractivity contribution in [2.45, 2.75) is 27.4 Å². The van der Waals surface area contributed by atoms with Crippen molar-refractivity contribution < 1.29 is 14.3 Å². The molecule has 0 aliphatic rings. The molecule has 0 spiro atoms. The van der Waals surface area contributed by atoms with Gasteiger partial charge >= 0.3 is 6.03 Å². The Morgan fingerprint density at radius 3 is 2.59 bits per heavy atom. The van der Waals surface area contributed by atoms with E-state index in [9.17, 15) is 9.59 Å². The van der Waals surface area contributed by atoms with E-state index in [1.165, 1.54) is 10.5 Å². The summed E-state index contributed by atoms with van der Waals surface area (Å²) in [5, 5.41) is 5.62. The molecule has 0 radical (unpaired) electrons. The molecule has 0 bridgehead atoms. The van der Waals surface area contributed by atoms with Gasteiger partial charge in [0.05, 0.1) is 18.5 Å². The maximum atomic E-state index is 12.6. The highest BCUT2D eigenvalue weighted by molar-refractivity contribution is 6.00. The number of carbonyl (C=O) groups excluding carboxylic acids is 1. The van der Waals surface area contributed by atoms with Gasteiger partial charge in [-0.1, -0.05) is 18.2 Å². The second-order valence-electron chi connectivity index (χ2n) is 8.02. The summed E-state index contributed by atoms with van der Waals surface area (Å²) >= 11 is 0. The molecule has 34 heavy (non-hydrogen) atoms. The molecule has 2 N–H and O–H groups in total. The normalized spacial score (nSPS) is 10.7. The number of hydrogen-bond acceptors (Lipinski definition) is 5. The smallest absolute Gasteiger partial charge is 0.323 e. The zero-order chi connectivity index (χ0) is 24.2. The van der Waals surface area contributed by atoms with E-state index in [1.54, 1.807) is 31.5 Å². The summed E-state index contributed by atoms with van der Waals surface area (Å²) < 4.78 is 12.8. The van der Waals surface area contributed by atoms with Gasteiger partial charge in [-0.2, -0.15) is 0 Å². The van der Waals surface area contributed by atoms with Gasteiger partial charge in [-0.25, -0.2) is 9.78 Å². The fraction of sp³-hybridized carbons (Fsp3) is 0.192. The Bertz CT molecular complexity index is 1430. The van der Waals surface area contributed by atoms with Crippen molar-refractivity contribution in [3.63, 3.8) is 0 Å². The molecule has 8 heteroatoms. The Morgan fingerprint density at radius 2 is 1.79 bits per heavy atom. The first-order chi connectivity index (χ1) is 16.3. The summed E-state index contributed by atoms with van der Waals surface area (Å²) in [6.45, 7) is 5.87. The van der Waals surface area contributed by atoms with Gasteiger partial charge in [-0.05, 0) is 61.7 Å². The third-order valence-corrected chi connectivity index (χ3v) is 5.36. The number of aryl methyl sites for hydroxylation is 3. The molecule has 0 fully saturated rings. The Balaban J connectivity index is 1.48. The second-order valence-corrected chi connectivity index (χ2v) is 8.02. The topological polar surface area (TPSA) is 94.0 Å². The molecule has 2 amide bonds. The third kappa shape index (κ3) is 5.01. The van der Waals surface area contributed by atoms with E-state index < -0.39 is 6.03 Å². The molecule has 0 unspecified atom stereocenters. The molecular formula is C26H26N4O4. The van der Waals surface area contributed by atoms with E-state index in [0.717, 1.165) is 16.7 Å². The fourth-order valence-electron chi connectivity index (χ4n) is 3.57. The van der Waals surface area contributed by atoms with Crippen LogP contribution in [0.5, 0.6) is 11.5 Å². The number of carbonyl (C=O) groups is 1. The summed E-state index contributed by atoms with van der Waals surface area (Å²) in [5.74, 6) is 1.15. The zero-order valence-electron chi connectivity index (χ0n) is 19.5. The molecule has 2 heterocycles. The Hall–Kier alpha value is -4.33. The standard InChI is InChI=1S/C26H26N4O4/c1-16-7-10-22(33-4)21(12-16)29-26(32)28-19-9-8-17(2)23(13-19)34-15-20-14-24(31)30-11-5-6-18(3)25(30)27-20/h5-14H,15H2,1-4H3,(H2,28,29,32). The first kappa shape index (κ1) is 22.8. The van der Waals surface area contributed by atoms with Crippen LogP contribution in [0.4, 0.5) is 16.2 Å². The van der Waals surface area contributed by atoms with Crippen LogP contribution in [0.25, 0.3) is 5.65 Å². The molecule has 4 aromatic rings. The SMILES string of the molecule is COc1ccc(C)cc1NC(=O)Nc1ccc(C)c(OCc2cc(=O)n3cccc(C)c3n2)c1. The molecule has 2 aromatic carbocycles. The number of urea groups is 1. The number of amides is 2. The third-order valence-electron chi connectivity index (χ3n) is 5.36. The van der Waals surface area contributed by atoms with Gasteiger partial charge in [-0.3, -0.25) is 9.20 Å². The predicted molar refractivity (Wildman–Crippen MR) is 132 cm³/mol. The van der Waals surface area contributed by atoms with Crippen molar-refractivity contribution in [3.8, 4) is 11.5 Å². The lowest BCUT2D eigenvalue weighted by atomic mass is 10.2. The lowest BCUT2D eigenvalue weighted by Crippen LogP contribution is -2.20. The number of nitrogens with zero attached hydrogens (tertiary/aromatic N) is 2. The largest absolute Gasteiger partial charge is 0.495 e. The number of rotatable bonds is 6. The number of nitrogens with one attached hydrogen (secondary N) is 2. The van der Waals surface area contributed by atoms with Gasteiger partial charge in [0.15, 0.2) is 0 Å². The minimum Gasteiger partial charge on any atom is -0.495 e. The summed E-state index contributed by atoms with van der Waals surface area (Å²) in [5.41, 5.74) is 4.90. The summed E-state index contributed by atoms with van der Waals surface area (Å²) in [4.78, 5) is 29.6. The van der Waals surface area contributed by atoms with Crippen molar-refractivity contribution in [3.05, 3.63) is 93.5 Å². The number of methoxy groups -OCH3 is 1. The van der Waals surface area contributed by atoms with E-state index >= 15 is 0 Å². The highest BCUT2D eigenvalue weighted by Gasteiger charge is 2.11. The van der Waals surface area contributed by atoms with Crippen LogP contribution in [0.1, 0.15) is 22.4 Å². The van der Waals surface area contributed by atoms with Gasteiger partial charge in [0.2, 0.25) is 0 Å². The number of ether oxygens (including phenoxy) is 2. The molecule has 0 saturated heterocycles. The fourth-order valence-corrected chi connectivity index (χ4v) is 3.57. The molecule has 0 aliphatic heterocycles. The summed E-state index contributed by atoms with van der Waals surface area (Å²) in [6, 6.07) is 15.7. The maximum Gasteiger partial charge on any atom is 0.323 e. The Morgan fingerprint density at radius 1 is 0.971 bits per heavy atom. The second kappa shape index (κ2) is 9.66. The number of hydrogen-bond donors (Lipinski definition) is 2. The van der Waals surface area contributed by atoms with E-state index in [4.69, 9.17) is 9.47 Å². The highest BCUT2D eigenvalue weighted by atomic mass is 16.5. The summed E-state index contributed by atoms with van der Waals surface area (Å²) in [6.07, 6.45) is 1.69. The van der Waals surface area contributed by atoms with Crippen molar-refractivity contribution >= 4 is 23.1 Å². The van der Waals surface area contributed by atoms with Crippen molar-refractivity contribution in [2.24, 2.45) is 0 Å². The van der Waals surface area contributed by atoms with Gasteiger partial charge in [-0.15, -0.1) is 0 Å². The van der Waals surface area contributed by atoms with E-state index in [2.05, 4.69) is 15.6 Å². The molecule has 8 nitrogen and oxygen atoms in total. The van der Waals surface area contributed by atoms with Crippen LogP contribution in [-0.2, 0) is 6.61 Å². The Labute approximate surface area is 197 Å². The van der Waals surface area contributed by atoms with E-state index in [-0.39, 0.29) is 12.2 Å². The minimum absolute atomic E-state index is 0.122. The molecule has 174 valence electrons. The van der Waals surface area contributed by atoms with Crippen LogP contribution in [0.15, 0.2) is 65.6 Å². The van der Waals surface area contributed by atoms with Gasteiger partial charge in [0.25, 0.3) is 5.56 Å².